The van der Waals surface area contributed by atoms with Gasteiger partial charge in [-0.15, -0.1) is 11.6 Å². The Morgan fingerprint density at radius 3 is 2.93 bits per heavy atom. The zero-order chi connectivity index (χ0) is 11.1. The summed E-state index contributed by atoms with van der Waals surface area (Å²) in [5.74, 6) is 0.859. The number of unbranched alkanes of at least 4 members (excludes halogenated alkanes) is 2. The minimum Gasteiger partial charge on any atom is -0.352 e. The lowest BCUT2D eigenvalue weighted by Gasteiger charge is -2.15. The normalized spacial score (nSPS) is 21.9. The molecular formula is C11H21ClN2O. The first-order valence-electron chi connectivity index (χ1n) is 5.78. The van der Waals surface area contributed by atoms with E-state index in [9.17, 15) is 4.79 Å². The molecule has 1 amide bonds. The quantitative estimate of drug-likeness (QED) is 0.558. The summed E-state index contributed by atoms with van der Waals surface area (Å²) in [6.07, 6.45) is 4.64. The second-order valence-electron chi connectivity index (χ2n) is 4.24. The molecule has 1 fully saturated rings. The maximum Gasteiger partial charge on any atom is 0.217 e. The Kier molecular flexibility index (Phi) is 6.03. The van der Waals surface area contributed by atoms with E-state index in [1.54, 1.807) is 6.92 Å². The molecule has 1 saturated heterocycles. The van der Waals surface area contributed by atoms with E-state index in [2.05, 4.69) is 10.2 Å². The highest BCUT2D eigenvalue weighted by molar-refractivity contribution is 6.17. The van der Waals surface area contributed by atoms with Crippen LogP contribution in [0.3, 0.4) is 0 Å². The maximum atomic E-state index is 10.9. The van der Waals surface area contributed by atoms with Crippen molar-refractivity contribution in [2.75, 3.05) is 25.5 Å². The fraction of sp³-hybridized carbons (Fsp3) is 0.909. The van der Waals surface area contributed by atoms with Crippen LogP contribution in [0.25, 0.3) is 0 Å². The molecule has 3 nitrogen and oxygen atoms in total. The van der Waals surface area contributed by atoms with Crippen molar-refractivity contribution in [2.45, 2.75) is 38.6 Å². The van der Waals surface area contributed by atoms with E-state index in [4.69, 9.17) is 11.6 Å². The molecule has 1 aliphatic rings. The van der Waals surface area contributed by atoms with Crippen LogP contribution in [-0.2, 0) is 4.79 Å². The second-order valence-corrected chi connectivity index (χ2v) is 4.61. The first kappa shape index (κ1) is 12.8. The number of likely N-dealkylation sites (tertiary alicyclic amines) is 1. The third-order valence-corrected chi connectivity index (χ3v) is 3.05. The molecule has 1 heterocycles. The molecular weight excluding hydrogens is 212 g/mol. The number of alkyl halides is 1. The average Bonchev–Trinajstić information content (AvgIpc) is 2.59. The third-order valence-electron chi connectivity index (χ3n) is 2.79. The van der Waals surface area contributed by atoms with Gasteiger partial charge in [0.05, 0.1) is 0 Å². The smallest absolute Gasteiger partial charge is 0.217 e. The molecule has 0 saturated carbocycles. The van der Waals surface area contributed by atoms with Gasteiger partial charge in [0.2, 0.25) is 5.91 Å². The molecule has 0 aromatic rings. The molecule has 1 unspecified atom stereocenters. The Morgan fingerprint density at radius 2 is 2.27 bits per heavy atom. The van der Waals surface area contributed by atoms with Crippen LogP contribution in [-0.4, -0.2) is 42.4 Å². The second kappa shape index (κ2) is 7.07. The van der Waals surface area contributed by atoms with Gasteiger partial charge in [0, 0.05) is 31.9 Å². The summed E-state index contributed by atoms with van der Waals surface area (Å²) < 4.78 is 0. The molecule has 0 aliphatic carbocycles. The van der Waals surface area contributed by atoms with Gasteiger partial charge in [-0.25, -0.2) is 0 Å². The number of nitrogens with zero attached hydrogens (tertiary/aromatic N) is 1. The van der Waals surface area contributed by atoms with Crippen molar-refractivity contribution < 1.29 is 4.79 Å². The number of amides is 1. The van der Waals surface area contributed by atoms with Crippen LogP contribution in [0.5, 0.6) is 0 Å². The van der Waals surface area contributed by atoms with Gasteiger partial charge in [0.15, 0.2) is 0 Å². The predicted molar refractivity (Wildman–Crippen MR) is 63.2 cm³/mol. The Bertz CT molecular complexity index is 199. The molecule has 0 aromatic carbocycles. The van der Waals surface area contributed by atoms with Crippen molar-refractivity contribution in [1.29, 1.82) is 0 Å². The summed E-state index contributed by atoms with van der Waals surface area (Å²) in [6, 6.07) is 0.371. The van der Waals surface area contributed by atoms with Gasteiger partial charge in [0.25, 0.3) is 0 Å². The average molecular weight is 233 g/mol. The number of nitrogens with one attached hydrogen (secondary N) is 1. The van der Waals surface area contributed by atoms with Gasteiger partial charge in [-0.1, -0.05) is 6.42 Å². The summed E-state index contributed by atoms with van der Waals surface area (Å²) in [4.78, 5) is 13.3. The van der Waals surface area contributed by atoms with E-state index >= 15 is 0 Å². The van der Waals surface area contributed by atoms with Crippen molar-refractivity contribution in [3.05, 3.63) is 0 Å². The number of halogens is 1. The van der Waals surface area contributed by atoms with Crippen LogP contribution >= 0.6 is 11.6 Å². The number of rotatable bonds is 6. The van der Waals surface area contributed by atoms with Crippen molar-refractivity contribution in [2.24, 2.45) is 0 Å². The highest BCUT2D eigenvalue weighted by Crippen LogP contribution is 2.10. The van der Waals surface area contributed by atoms with E-state index < -0.39 is 0 Å². The lowest BCUT2D eigenvalue weighted by Crippen LogP contribution is -2.35. The molecule has 0 bridgehead atoms. The standard InChI is InChI=1S/C11H21ClN2O/c1-10(15)13-11-5-8-14(9-11)7-4-2-3-6-12/h11H,2-9H2,1H3,(H,13,15). The molecule has 0 radical (unpaired) electrons. The maximum absolute atomic E-state index is 10.9. The summed E-state index contributed by atoms with van der Waals surface area (Å²) in [5.41, 5.74) is 0. The molecule has 1 aliphatic heterocycles. The van der Waals surface area contributed by atoms with Gasteiger partial charge in [0.1, 0.15) is 0 Å². The molecule has 1 N–H and O–H groups in total. The fourth-order valence-electron chi connectivity index (χ4n) is 2.05. The lowest BCUT2D eigenvalue weighted by molar-refractivity contribution is -0.119. The molecule has 15 heavy (non-hydrogen) atoms. The van der Waals surface area contributed by atoms with Gasteiger partial charge in [-0.3, -0.25) is 4.79 Å². The summed E-state index contributed by atoms with van der Waals surface area (Å²) in [5, 5.41) is 2.97. The van der Waals surface area contributed by atoms with Crippen molar-refractivity contribution in [1.82, 2.24) is 10.2 Å². The highest BCUT2D eigenvalue weighted by atomic mass is 35.5. The van der Waals surface area contributed by atoms with E-state index in [0.717, 1.165) is 38.4 Å². The van der Waals surface area contributed by atoms with Crippen LogP contribution < -0.4 is 5.32 Å². The summed E-state index contributed by atoms with van der Waals surface area (Å²) in [6.45, 7) is 4.86. The zero-order valence-corrected chi connectivity index (χ0v) is 10.2. The first-order chi connectivity index (χ1) is 7.22. The highest BCUT2D eigenvalue weighted by Gasteiger charge is 2.21. The summed E-state index contributed by atoms with van der Waals surface area (Å²) >= 11 is 5.62. The van der Waals surface area contributed by atoms with Crippen molar-refractivity contribution in [3.63, 3.8) is 0 Å². The van der Waals surface area contributed by atoms with Crippen LogP contribution in [0.2, 0.25) is 0 Å². The lowest BCUT2D eigenvalue weighted by atomic mass is 10.2. The van der Waals surface area contributed by atoms with E-state index in [0.29, 0.717) is 6.04 Å². The predicted octanol–water partition coefficient (Wildman–Crippen LogP) is 1.61. The Morgan fingerprint density at radius 1 is 1.47 bits per heavy atom. The Labute approximate surface area is 97.2 Å². The number of hydrogen-bond donors (Lipinski definition) is 1. The van der Waals surface area contributed by atoms with Crippen molar-refractivity contribution >= 4 is 17.5 Å². The van der Waals surface area contributed by atoms with Gasteiger partial charge in [-0.05, 0) is 25.8 Å². The van der Waals surface area contributed by atoms with Crippen molar-refractivity contribution in [3.8, 4) is 0 Å². The molecule has 4 heteroatoms. The SMILES string of the molecule is CC(=O)NC1CCN(CCCCCCl)C1. The summed E-state index contributed by atoms with van der Waals surface area (Å²) in [7, 11) is 0. The molecule has 0 aromatic heterocycles. The minimum atomic E-state index is 0.0870. The van der Waals surface area contributed by atoms with E-state index in [-0.39, 0.29) is 5.91 Å². The monoisotopic (exact) mass is 232 g/mol. The zero-order valence-electron chi connectivity index (χ0n) is 9.47. The molecule has 1 rings (SSSR count). The van der Waals surface area contributed by atoms with Crippen LogP contribution in [0, 0.1) is 0 Å². The topological polar surface area (TPSA) is 32.3 Å². The first-order valence-corrected chi connectivity index (χ1v) is 6.31. The Balaban J connectivity index is 2.05. The Hall–Kier alpha value is -0.280. The third kappa shape index (κ3) is 5.38. The van der Waals surface area contributed by atoms with E-state index in [1.165, 1.54) is 12.8 Å². The van der Waals surface area contributed by atoms with Crippen LogP contribution in [0.1, 0.15) is 32.6 Å². The van der Waals surface area contributed by atoms with Gasteiger partial charge >= 0.3 is 0 Å². The van der Waals surface area contributed by atoms with Gasteiger partial charge < -0.3 is 10.2 Å². The van der Waals surface area contributed by atoms with Gasteiger partial charge in [-0.2, -0.15) is 0 Å². The number of carbonyl (C=O) groups excluding carboxylic acids is 1. The molecule has 1 atom stereocenters. The largest absolute Gasteiger partial charge is 0.352 e. The minimum absolute atomic E-state index is 0.0870. The van der Waals surface area contributed by atoms with E-state index in [1.807, 2.05) is 0 Å². The number of hydrogen-bond acceptors (Lipinski definition) is 2. The molecule has 88 valence electrons. The van der Waals surface area contributed by atoms with Crippen LogP contribution in [0.4, 0.5) is 0 Å². The molecule has 0 spiro atoms. The van der Waals surface area contributed by atoms with Crippen LogP contribution in [0.15, 0.2) is 0 Å². The number of carbonyl (C=O) groups is 1. The fourth-order valence-corrected chi connectivity index (χ4v) is 2.24.